The number of hydrogen-bond acceptors (Lipinski definition) is 5. The number of rotatable bonds is 8. The summed E-state index contributed by atoms with van der Waals surface area (Å²) in [7, 11) is -5.95. The highest BCUT2D eigenvalue weighted by Gasteiger charge is 2.63. The molecule has 0 aliphatic heterocycles. The maximum absolute atomic E-state index is 13.6. The molecule has 10 atom stereocenters. The maximum Gasteiger partial charge on any atom is 0.403 e. The van der Waals surface area contributed by atoms with E-state index < -0.39 is 40.2 Å². The molecular formula is C27H43F3O6S. The van der Waals surface area contributed by atoms with E-state index in [1.54, 1.807) is 0 Å². The Morgan fingerprint density at radius 3 is 2.49 bits per heavy atom. The zero-order chi connectivity index (χ0) is 27.4. The molecule has 0 bridgehead atoms. The van der Waals surface area contributed by atoms with Crippen LogP contribution in [0.25, 0.3) is 0 Å². The number of fused-ring (bicyclic) bond motifs is 5. The zero-order valence-corrected chi connectivity index (χ0v) is 23.0. The Hall–Kier alpha value is -0.870. The number of ether oxygens (including phenoxy) is 1. The summed E-state index contributed by atoms with van der Waals surface area (Å²) >= 11 is 0. The molecule has 214 valence electrons. The molecule has 0 aromatic rings. The van der Waals surface area contributed by atoms with Crippen LogP contribution in [0.2, 0.25) is 0 Å². The summed E-state index contributed by atoms with van der Waals surface area (Å²) < 4.78 is 74.7. The summed E-state index contributed by atoms with van der Waals surface area (Å²) in [4.78, 5) is 12.1. The Labute approximate surface area is 218 Å². The smallest absolute Gasteiger partial charge is 0.403 e. The molecule has 4 rings (SSSR count). The number of hydrogen-bond donors (Lipinski definition) is 2. The van der Waals surface area contributed by atoms with Gasteiger partial charge in [0.1, 0.15) is 6.61 Å². The summed E-state index contributed by atoms with van der Waals surface area (Å²) in [5.74, 6) is 1.75. The molecule has 0 aromatic heterocycles. The van der Waals surface area contributed by atoms with Crippen LogP contribution in [0.4, 0.5) is 13.2 Å². The molecule has 4 saturated carbocycles. The second-order valence-electron chi connectivity index (χ2n) is 12.9. The third kappa shape index (κ3) is 4.96. The van der Waals surface area contributed by atoms with Gasteiger partial charge in [-0.3, -0.25) is 9.35 Å². The Balaban J connectivity index is 1.36. The van der Waals surface area contributed by atoms with Crippen molar-refractivity contribution >= 4 is 16.1 Å². The fraction of sp³-hybridized carbons (Fsp3) is 0.963. The second-order valence-corrected chi connectivity index (χ2v) is 14.4. The lowest BCUT2D eigenvalue weighted by Crippen LogP contribution is -2.58. The molecule has 4 aliphatic carbocycles. The first-order valence-corrected chi connectivity index (χ1v) is 15.4. The molecule has 0 heterocycles. The van der Waals surface area contributed by atoms with Crippen LogP contribution in [0, 0.1) is 46.3 Å². The molecule has 0 amide bonds. The normalized spacial score (nSPS) is 41.7. The minimum Gasteiger partial charge on any atom is -0.462 e. The van der Waals surface area contributed by atoms with E-state index in [-0.39, 0.29) is 23.7 Å². The number of aliphatic hydroxyl groups is 1. The SMILES string of the molecule is C[C@H](CCC(=O)OCC(F)C(F)(F)S(=O)(=O)O)[C@H]1CC[C@H]2[C@@H]3CC[C@@H]4CCCC[C@]4(C)[C@H]3C[C@H](O)[C@]12C. The van der Waals surface area contributed by atoms with Gasteiger partial charge in [-0.05, 0) is 97.7 Å². The van der Waals surface area contributed by atoms with Crippen LogP contribution in [0.1, 0.15) is 91.4 Å². The topological polar surface area (TPSA) is 101 Å². The Morgan fingerprint density at radius 2 is 1.81 bits per heavy atom. The average molecular weight is 553 g/mol. The van der Waals surface area contributed by atoms with Crippen LogP contribution in [-0.2, 0) is 19.6 Å². The fourth-order valence-electron chi connectivity index (χ4n) is 9.26. The number of alkyl halides is 3. The van der Waals surface area contributed by atoms with E-state index >= 15 is 0 Å². The van der Waals surface area contributed by atoms with Crippen LogP contribution in [0.15, 0.2) is 0 Å². The van der Waals surface area contributed by atoms with Crippen LogP contribution in [0.5, 0.6) is 0 Å². The van der Waals surface area contributed by atoms with E-state index in [0.717, 1.165) is 25.2 Å². The van der Waals surface area contributed by atoms with E-state index in [1.165, 1.54) is 38.5 Å². The molecule has 37 heavy (non-hydrogen) atoms. The predicted molar refractivity (Wildman–Crippen MR) is 132 cm³/mol. The molecule has 10 heteroatoms. The highest BCUT2D eigenvalue weighted by atomic mass is 32.2. The monoisotopic (exact) mass is 552 g/mol. The predicted octanol–water partition coefficient (Wildman–Crippen LogP) is 5.78. The van der Waals surface area contributed by atoms with Crippen molar-refractivity contribution in [1.29, 1.82) is 0 Å². The minimum atomic E-state index is -5.95. The van der Waals surface area contributed by atoms with Gasteiger partial charge in [0.2, 0.25) is 6.17 Å². The van der Waals surface area contributed by atoms with E-state index in [9.17, 15) is 31.5 Å². The first-order valence-electron chi connectivity index (χ1n) is 14.0. The summed E-state index contributed by atoms with van der Waals surface area (Å²) in [5.41, 5.74) is 0.0707. The van der Waals surface area contributed by atoms with Gasteiger partial charge < -0.3 is 9.84 Å². The highest BCUT2D eigenvalue weighted by molar-refractivity contribution is 7.86. The van der Waals surface area contributed by atoms with Crippen molar-refractivity contribution in [2.75, 3.05) is 6.61 Å². The van der Waals surface area contributed by atoms with Crippen molar-refractivity contribution in [2.24, 2.45) is 46.3 Å². The van der Waals surface area contributed by atoms with Gasteiger partial charge in [0.25, 0.3) is 0 Å². The largest absolute Gasteiger partial charge is 0.462 e. The third-order valence-corrected chi connectivity index (χ3v) is 12.3. The summed E-state index contributed by atoms with van der Waals surface area (Å²) in [6, 6.07) is 0. The van der Waals surface area contributed by atoms with Crippen molar-refractivity contribution < 1.29 is 40.8 Å². The van der Waals surface area contributed by atoms with Gasteiger partial charge in [0, 0.05) is 6.42 Å². The summed E-state index contributed by atoms with van der Waals surface area (Å²) in [6.07, 6.45) is 7.03. The standard InChI is InChI=1S/C27H43F3O6S/c1-16(7-12-24(32)36-15-22(28)27(29,30)37(33,34)35)19-10-11-20-18-9-8-17-6-4-5-13-25(17,2)21(18)14-23(31)26(19,20)3/h16-23,31H,4-15H2,1-3H3,(H,33,34,35)/t16-,17+,18+,19-,20+,21+,22?,23+,25+,26-/m1/s1. The van der Waals surface area contributed by atoms with E-state index in [0.29, 0.717) is 29.6 Å². The first kappa shape index (κ1) is 29.1. The Kier molecular flexibility index (Phi) is 8.08. The molecule has 2 N–H and O–H groups in total. The molecule has 0 aromatic carbocycles. The zero-order valence-electron chi connectivity index (χ0n) is 22.2. The molecule has 6 nitrogen and oxygen atoms in total. The Bertz CT molecular complexity index is 960. The van der Waals surface area contributed by atoms with Crippen LogP contribution in [0.3, 0.4) is 0 Å². The molecule has 1 unspecified atom stereocenters. The van der Waals surface area contributed by atoms with Crippen molar-refractivity contribution in [3.63, 3.8) is 0 Å². The van der Waals surface area contributed by atoms with Crippen LogP contribution >= 0.6 is 0 Å². The van der Waals surface area contributed by atoms with E-state index in [2.05, 4.69) is 18.6 Å². The van der Waals surface area contributed by atoms with Crippen molar-refractivity contribution in [3.05, 3.63) is 0 Å². The third-order valence-electron chi connectivity index (χ3n) is 11.4. The van der Waals surface area contributed by atoms with Crippen molar-refractivity contribution in [3.8, 4) is 0 Å². The number of halogens is 3. The molecular weight excluding hydrogens is 509 g/mol. The lowest BCUT2D eigenvalue weighted by Gasteiger charge is -2.62. The van der Waals surface area contributed by atoms with Gasteiger partial charge in [0.05, 0.1) is 6.10 Å². The highest BCUT2D eigenvalue weighted by Crippen LogP contribution is 2.68. The van der Waals surface area contributed by atoms with Crippen molar-refractivity contribution in [2.45, 2.75) is 109 Å². The number of esters is 1. The quantitative estimate of drug-likeness (QED) is 0.292. The molecule has 0 radical (unpaired) electrons. The Morgan fingerprint density at radius 1 is 1.11 bits per heavy atom. The number of aliphatic hydroxyl groups excluding tert-OH is 1. The van der Waals surface area contributed by atoms with Gasteiger partial charge in [-0.15, -0.1) is 0 Å². The first-order chi connectivity index (χ1) is 17.1. The number of carbonyl (C=O) groups excluding carboxylic acids is 1. The second kappa shape index (κ2) is 10.3. The summed E-state index contributed by atoms with van der Waals surface area (Å²) in [5, 5.41) is 6.55. The molecule has 4 fully saturated rings. The molecule has 4 aliphatic rings. The van der Waals surface area contributed by atoms with Gasteiger partial charge in [-0.25, -0.2) is 4.39 Å². The van der Waals surface area contributed by atoms with Gasteiger partial charge >= 0.3 is 21.3 Å². The van der Waals surface area contributed by atoms with Gasteiger partial charge in [-0.2, -0.15) is 17.2 Å². The van der Waals surface area contributed by atoms with Crippen LogP contribution < -0.4 is 0 Å². The van der Waals surface area contributed by atoms with Crippen molar-refractivity contribution in [1.82, 2.24) is 0 Å². The van der Waals surface area contributed by atoms with Crippen LogP contribution in [-0.4, -0.2) is 48.2 Å². The maximum atomic E-state index is 13.6. The fourth-order valence-corrected chi connectivity index (χ4v) is 9.65. The lowest BCUT2D eigenvalue weighted by molar-refractivity contribution is -0.168. The van der Waals surface area contributed by atoms with E-state index in [4.69, 9.17) is 4.55 Å². The van der Waals surface area contributed by atoms with Gasteiger partial charge in [-0.1, -0.05) is 33.6 Å². The van der Waals surface area contributed by atoms with E-state index in [1.807, 2.05) is 6.92 Å². The average Bonchev–Trinajstić information content (AvgIpc) is 3.19. The summed E-state index contributed by atoms with van der Waals surface area (Å²) in [6.45, 7) is 5.27. The lowest BCUT2D eigenvalue weighted by atomic mass is 9.44. The minimum absolute atomic E-state index is 0.0655. The molecule has 0 spiro atoms. The number of carbonyl (C=O) groups is 1. The molecule has 0 saturated heterocycles. The van der Waals surface area contributed by atoms with Gasteiger partial charge in [0.15, 0.2) is 0 Å².